The van der Waals surface area contributed by atoms with E-state index in [0.29, 0.717) is 30.4 Å². The maximum atomic E-state index is 14.1. The molecule has 0 unspecified atom stereocenters. The number of amidine groups is 1. The van der Waals surface area contributed by atoms with Gasteiger partial charge in [0.05, 0.1) is 23.0 Å². The van der Waals surface area contributed by atoms with Crippen molar-refractivity contribution in [2.75, 3.05) is 23.9 Å². The first-order valence-electron chi connectivity index (χ1n) is 14.7. The van der Waals surface area contributed by atoms with Crippen molar-refractivity contribution in [3.8, 4) is 5.75 Å². The van der Waals surface area contributed by atoms with Gasteiger partial charge in [-0.1, -0.05) is 36.4 Å². The molecule has 0 bridgehead atoms. The van der Waals surface area contributed by atoms with Crippen LogP contribution in [-0.4, -0.2) is 55.8 Å². The maximum absolute atomic E-state index is 14.1. The van der Waals surface area contributed by atoms with E-state index in [1.54, 1.807) is 29.2 Å². The number of rotatable bonds is 8. The number of guanidine groups is 1. The van der Waals surface area contributed by atoms with Gasteiger partial charge in [0, 0.05) is 44.9 Å². The molecule has 2 heterocycles. The Morgan fingerprint density at radius 3 is 2.26 bits per heavy atom. The summed E-state index contributed by atoms with van der Waals surface area (Å²) in [4.78, 5) is 4.16. The molecule has 3 aromatic rings. The van der Waals surface area contributed by atoms with Crippen LogP contribution in [0.5, 0.6) is 5.75 Å². The lowest BCUT2D eigenvalue weighted by Crippen LogP contribution is -2.42. The molecule has 1 saturated carbocycles. The number of hydrogen-bond acceptors (Lipinski definition) is 5. The number of fused-ring (bicyclic) bond motifs is 1. The topological polar surface area (TPSA) is 127 Å². The van der Waals surface area contributed by atoms with Crippen molar-refractivity contribution in [2.45, 2.75) is 56.2 Å². The molecule has 2 fully saturated rings. The number of sulfonamides is 1. The first-order chi connectivity index (χ1) is 20.3. The van der Waals surface area contributed by atoms with E-state index in [1.807, 2.05) is 48.5 Å². The molecule has 3 aliphatic rings. The molecule has 42 heavy (non-hydrogen) atoms. The highest BCUT2D eigenvalue weighted by Gasteiger charge is 2.32. The summed E-state index contributed by atoms with van der Waals surface area (Å²) in [6.07, 6.45) is 4.77. The predicted octanol–water partition coefficient (Wildman–Crippen LogP) is 4.56. The first-order valence-corrected chi connectivity index (χ1v) is 16.1. The molecular formula is C32H38N6O3S. The highest BCUT2D eigenvalue weighted by atomic mass is 32.2. The lowest BCUT2D eigenvalue weighted by molar-refractivity contribution is 0.129. The Morgan fingerprint density at radius 2 is 1.60 bits per heavy atom. The van der Waals surface area contributed by atoms with E-state index in [4.69, 9.17) is 21.3 Å². The summed E-state index contributed by atoms with van der Waals surface area (Å²) in [6.45, 7) is 2.98. The van der Waals surface area contributed by atoms with Crippen molar-refractivity contribution in [1.29, 1.82) is 10.8 Å². The monoisotopic (exact) mass is 586 g/mol. The van der Waals surface area contributed by atoms with E-state index in [2.05, 4.69) is 4.90 Å². The Morgan fingerprint density at radius 1 is 0.881 bits per heavy atom. The number of benzene rings is 3. The van der Waals surface area contributed by atoms with Crippen LogP contribution < -0.4 is 14.8 Å². The average molecular weight is 587 g/mol. The lowest BCUT2D eigenvalue weighted by atomic mass is 9.99. The normalized spacial score (nSPS) is 17.4. The third-order valence-electron chi connectivity index (χ3n) is 8.46. The molecule has 2 aliphatic heterocycles. The summed E-state index contributed by atoms with van der Waals surface area (Å²) in [5.41, 5.74) is 9.33. The van der Waals surface area contributed by atoms with Gasteiger partial charge in [0.15, 0.2) is 5.96 Å². The quantitative estimate of drug-likeness (QED) is 0.262. The van der Waals surface area contributed by atoms with E-state index in [9.17, 15) is 8.42 Å². The summed E-state index contributed by atoms with van der Waals surface area (Å²) in [5, 5.41) is 16.2. The summed E-state index contributed by atoms with van der Waals surface area (Å²) < 4.78 is 35.9. The predicted molar refractivity (Wildman–Crippen MR) is 164 cm³/mol. The van der Waals surface area contributed by atoms with Crippen LogP contribution in [0.4, 0.5) is 5.69 Å². The highest BCUT2D eigenvalue weighted by Crippen LogP contribution is 2.33. The van der Waals surface area contributed by atoms with E-state index in [0.717, 1.165) is 67.7 Å². The molecule has 1 saturated heterocycles. The fraction of sp³-hybridized carbons (Fsp3) is 0.375. The number of piperidine rings is 1. The second kappa shape index (κ2) is 11.7. The zero-order valence-corrected chi connectivity index (χ0v) is 24.5. The molecular weight excluding hydrogens is 548 g/mol. The average Bonchev–Trinajstić information content (AvgIpc) is 3.86. The maximum Gasteiger partial charge on any atom is 0.264 e. The standard InChI is InChI=1S/C32H38N6O3S/c33-31(25-6-7-25)36-18-15-29(16-19-36)41-28-10-12-30(13-11-28)42(39,40)38(21-23-4-2-1-3-5-23)27-9-8-24-14-17-37(32(34)35)22-26(24)20-27/h1-5,8-13,20,25,29,33H,6-7,14-19,21-22H2,(H3,34,35). The van der Waals surface area contributed by atoms with Crippen molar-refractivity contribution >= 4 is 27.5 Å². The van der Waals surface area contributed by atoms with Crippen LogP contribution in [0.1, 0.15) is 42.4 Å². The summed E-state index contributed by atoms with van der Waals surface area (Å²) >= 11 is 0. The summed E-state index contributed by atoms with van der Waals surface area (Å²) in [6, 6.07) is 22.1. The van der Waals surface area contributed by atoms with Gasteiger partial charge in [-0.05, 0) is 72.4 Å². The Labute approximate surface area is 248 Å². The molecule has 0 spiro atoms. The van der Waals surface area contributed by atoms with Crippen LogP contribution in [0.3, 0.4) is 0 Å². The zero-order chi connectivity index (χ0) is 29.3. The minimum Gasteiger partial charge on any atom is -0.490 e. The molecule has 4 N–H and O–H groups in total. The molecule has 0 aromatic heterocycles. The van der Waals surface area contributed by atoms with E-state index in [1.165, 1.54) is 4.31 Å². The van der Waals surface area contributed by atoms with Gasteiger partial charge in [0.1, 0.15) is 11.9 Å². The van der Waals surface area contributed by atoms with Crippen LogP contribution in [0.2, 0.25) is 0 Å². The van der Waals surface area contributed by atoms with E-state index in [-0.39, 0.29) is 23.5 Å². The van der Waals surface area contributed by atoms with Crippen LogP contribution in [0, 0.1) is 16.7 Å². The molecule has 10 heteroatoms. The lowest BCUT2D eigenvalue weighted by Gasteiger charge is -2.34. The number of nitrogens with two attached hydrogens (primary N) is 1. The minimum absolute atomic E-state index is 0.0189. The smallest absolute Gasteiger partial charge is 0.264 e. The first kappa shape index (κ1) is 28.1. The molecule has 0 amide bonds. The molecule has 1 aliphatic carbocycles. The minimum atomic E-state index is -3.91. The van der Waals surface area contributed by atoms with Gasteiger partial charge < -0.3 is 20.3 Å². The van der Waals surface area contributed by atoms with Gasteiger partial charge in [-0.2, -0.15) is 0 Å². The SMILES string of the molecule is N=C(N)N1CCc2ccc(N(Cc3ccccc3)S(=O)(=O)c3ccc(OC4CCN(C(=N)C5CC5)CC4)cc3)cc2C1. The van der Waals surface area contributed by atoms with Gasteiger partial charge in [0.25, 0.3) is 10.0 Å². The number of likely N-dealkylation sites (tertiary alicyclic amines) is 1. The fourth-order valence-corrected chi connectivity index (χ4v) is 7.25. The molecule has 3 aromatic carbocycles. The van der Waals surface area contributed by atoms with Crippen LogP contribution >= 0.6 is 0 Å². The van der Waals surface area contributed by atoms with Gasteiger partial charge in [-0.25, -0.2) is 8.42 Å². The number of hydrogen-bond donors (Lipinski definition) is 3. The van der Waals surface area contributed by atoms with Crippen molar-refractivity contribution in [2.24, 2.45) is 11.7 Å². The largest absolute Gasteiger partial charge is 0.490 e. The van der Waals surface area contributed by atoms with Crippen LogP contribution in [-0.2, 0) is 29.5 Å². The Bertz CT molecular complexity index is 1550. The van der Waals surface area contributed by atoms with Crippen molar-refractivity contribution in [1.82, 2.24) is 9.80 Å². The third kappa shape index (κ3) is 6.09. The number of anilines is 1. The van der Waals surface area contributed by atoms with Gasteiger partial charge in [-0.15, -0.1) is 0 Å². The molecule has 9 nitrogen and oxygen atoms in total. The Kier molecular flexibility index (Phi) is 7.81. The zero-order valence-electron chi connectivity index (χ0n) is 23.7. The van der Waals surface area contributed by atoms with E-state index >= 15 is 0 Å². The second-order valence-electron chi connectivity index (χ2n) is 11.4. The van der Waals surface area contributed by atoms with Gasteiger partial charge >= 0.3 is 0 Å². The fourth-order valence-electron chi connectivity index (χ4n) is 5.81. The molecule has 0 atom stereocenters. The van der Waals surface area contributed by atoms with Crippen LogP contribution in [0.15, 0.2) is 77.7 Å². The van der Waals surface area contributed by atoms with Crippen molar-refractivity contribution in [3.63, 3.8) is 0 Å². The van der Waals surface area contributed by atoms with Crippen molar-refractivity contribution < 1.29 is 13.2 Å². The van der Waals surface area contributed by atoms with Gasteiger partial charge in [0.2, 0.25) is 0 Å². The highest BCUT2D eigenvalue weighted by molar-refractivity contribution is 7.92. The van der Waals surface area contributed by atoms with E-state index < -0.39 is 10.0 Å². The Balaban J connectivity index is 1.21. The third-order valence-corrected chi connectivity index (χ3v) is 10.2. The number of ether oxygens (including phenoxy) is 1. The second-order valence-corrected chi connectivity index (χ2v) is 13.3. The van der Waals surface area contributed by atoms with Gasteiger partial charge in [-0.3, -0.25) is 15.1 Å². The van der Waals surface area contributed by atoms with Crippen molar-refractivity contribution in [3.05, 3.63) is 89.5 Å². The molecule has 220 valence electrons. The molecule has 0 radical (unpaired) electrons. The number of nitrogens with zero attached hydrogens (tertiary/aromatic N) is 3. The Hall–Kier alpha value is -4.05. The molecule has 6 rings (SSSR count). The summed E-state index contributed by atoms with van der Waals surface area (Å²) in [5.74, 6) is 1.90. The summed E-state index contributed by atoms with van der Waals surface area (Å²) in [7, 11) is -3.91. The van der Waals surface area contributed by atoms with Crippen LogP contribution in [0.25, 0.3) is 0 Å². The number of nitrogens with one attached hydrogen (secondary N) is 2.